The van der Waals surface area contributed by atoms with Gasteiger partial charge in [0, 0.05) is 0 Å². The normalized spacial score (nSPS) is 19.7. The third kappa shape index (κ3) is 6.60. The molecule has 2 aliphatic carbocycles. The number of aryl methyl sites for hydroxylation is 1. The van der Waals surface area contributed by atoms with E-state index >= 15 is 0 Å². The van der Waals surface area contributed by atoms with Gasteiger partial charge in [-0.1, -0.05) is 98.4 Å². The number of hydrogen-bond acceptors (Lipinski definition) is 0. The minimum absolute atomic E-state index is 0.323. The molecular weight excluding hydrogens is 348 g/mol. The Kier molecular flexibility index (Phi) is 8.87. The Bertz CT molecular complexity index is 570. The van der Waals surface area contributed by atoms with Crippen LogP contribution in [0, 0.1) is 16.7 Å². The van der Waals surface area contributed by atoms with Gasteiger partial charge in [-0.3, -0.25) is 0 Å². The lowest BCUT2D eigenvalue weighted by Crippen LogP contribution is -2.31. The summed E-state index contributed by atoms with van der Waals surface area (Å²) in [7, 11) is 0. The Morgan fingerprint density at radius 3 is 1.66 bits per heavy atom. The van der Waals surface area contributed by atoms with Crippen LogP contribution in [0.2, 0.25) is 0 Å². The lowest BCUT2D eigenvalue weighted by molar-refractivity contribution is 0.0948. The molecule has 3 rings (SSSR count). The first-order valence-corrected chi connectivity index (χ1v) is 12.8. The number of rotatable bonds is 9. The molecule has 0 heterocycles. The monoisotopic (exact) mass is 398 g/mol. The van der Waals surface area contributed by atoms with E-state index in [1.807, 2.05) is 0 Å². The van der Waals surface area contributed by atoms with E-state index in [9.17, 15) is 0 Å². The summed E-state index contributed by atoms with van der Waals surface area (Å²) >= 11 is 0. The predicted molar refractivity (Wildman–Crippen MR) is 131 cm³/mol. The topological polar surface area (TPSA) is 0 Å². The highest BCUT2D eigenvalue weighted by Gasteiger charge is 2.36. The number of hydrogen-bond donors (Lipinski definition) is 0. The molecule has 0 atom stereocenters. The largest absolute Gasteiger partial charge is 0.0649 e. The second kappa shape index (κ2) is 10.5. The van der Waals surface area contributed by atoms with Gasteiger partial charge in [0.15, 0.2) is 0 Å². The van der Waals surface area contributed by atoms with Crippen LogP contribution in [-0.2, 0) is 11.8 Å². The third-order valence-electron chi connectivity index (χ3n) is 8.59. The van der Waals surface area contributed by atoms with Crippen molar-refractivity contribution in [3.63, 3.8) is 0 Å². The molecule has 2 fully saturated rings. The van der Waals surface area contributed by atoms with Gasteiger partial charge >= 0.3 is 0 Å². The molecule has 0 nitrogen and oxygen atoms in total. The molecule has 0 aromatic heterocycles. The molecule has 0 amide bonds. The molecular formula is C29H50. The molecule has 0 unspecified atom stereocenters. The van der Waals surface area contributed by atoms with Gasteiger partial charge in [0.05, 0.1) is 0 Å². The summed E-state index contributed by atoms with van der Waals surface area (Å²) in [5, 5.41) is 0. The fraction of sp³-hybridized carbons (Fsp3) is 0.793. The van der Waals surface area contributed by atoms with Crippen LogP contribution >= 0.6 is 0 Å². The zero-order chi connectivity index (χ0) is 21.5. The van der Waals surface area contributed by atoms with Crippen molar-refractivity contribution >= 4 is 0 Å². The molecule has 2 aliphatic rings. The van der Waals surface area contributed by atoms with Crippen LogP contribution in [0.15, 0.2) is 24.3 Å². The Balaban J connectivity index is 0.000000253. The van der Waals surface area contributed by atoms with Crippen LogP contribution < -0.4 is 0 Å². The smallest absolute Gasteiger partial charge is 0.0103 e. The van der Waals surface area contributed by atoms with Crippen molar-refractivity contribution in [2.45, 2.75) is 131 Å². The van der Waals surface area contributed by atoms with Crippen molar-refractivity contribution in [1.29, 1.82) is 0 Å². The number of benzene rings is 1. The van der Waals surface area contributed by atoms with E-state index in [0.717, 1.165) is 17.8 Å². The van der Waals surface area contributed by atoms with Gasteiger partial charge in [0.25, 0.3) is 0 Å². The van der Waals surface area contributed by atoms with Crippen LogP contribution in [-0.4, -0.2) is 0 Å². The average molecular weight is 399 g/mol. The first-order chi connectivity index (χ1) is 13.7. The first-order valence-electron chi connectivity index (χ1n) is 12.8. The zero-order valence-corrected chi connectivity index (χ0v) is 20.9. The van der Waals surface area contributed by atoms with Crippen LogP contribution in [0.1, 0.15) is 130 Å². The first kappa shape index (κ1) is 24.5. The molecule has 0 heteroatoms. The maximum absolute atomic E-state index is 2.41. The molecule has 0 bridgehead atoms. The van der Waals surface area contributed by atoms with Crippen LogP contribution in [0.4, 0.5) is 0 Å². The van der Waals surface area contributed by atoms with E-state index in [-0.39, 0.29) is 0 Å². The van der Waals surface area contributed by atoms with Gasteiger partial charge < -0.3 is 0 Å². The lowest BCUT2D eigenvalue weighted by Gasteiger charge is -2.43. The highest BCUT2D eigenvalue weighted by molar-refractivity contribution is 5.28. The molecule has 2 saturated carbocycles. The maximum Gasteiger partial charge on any atom is -0.0103 e. The Morgan fingerprint density at radius 1 is 0.828 bits per heavy atom. The average Bonchev–Trinajstić information content (AvgIpc) is 2.64. The van der Waals surface area contributed by atoms with Crippen LogP contribution in [0.5, 0.6) is 0 Å². The minimum Gasteiger partial charge on any atom is -0.0649 e. The molecule has 1 aromatic carbocycles. The Morgan fingerprint density at radius 2 is 1.34 bits per heavy atom. The summed E-state index contributed by atoms with van der Waals surface area (Å²) in [6.07, 6.45) is 17.0. The van der Waals surface area contributed by atoms with E-state index in [0.29, 0.717) is 10.8 Å². The minimum atomic E-state index is 0.323. The predicted octanol–water partition coefficient (Wildman–Crippen LogP) is 9.50. The maximum atomic E-state index is 2.41. The summed E-state index contributed by atoms with van der Waals surface area (Å²) in [6.45, 7) is 16.5. The standard InChI is InChI=1S/C19H30.C10H20/c1-5-16-8-10-17(11-9-16)18(3,4)14-15-19(6-2)12-7-13-19;1-4-10(6-5-7-10)8-9(2)3/h8-11H,5-7,12-15H2,1-4H3;9H,4-8H2,1-3H3. The van der Waals surface area contributed by atoms with Gasteiger partial charge in [-0.15, -0.1) is 0 Å². The van der Waals surface area contributed by atoms with Crippen molar-refractivity contribution in [3.05, 3.63) is 35.4 Å². The van der Waals surface area contributed by atoms with Crippen molar-refractivity contribution in [3.8, 4) is 0 Å². The van der Waals surface area contributed by atoms with Gasteiger partial charge in [0.2, 0.25) is 0 Å². The van der Waals surface area contributed by atoms with Gasteiger partial charge in [-0.05, 0) is 84.7 Å². The molecule has 0 spiro atoms. The quantitative estimate of drug-likeness (QED) is 0.388. The molecule has 166 valence electrons. The highest BCUT2D eigenvalue weighted by Crippen LogP contribution is 2.49. The molecule has 0 aliphatic heterocycles. The van der Waals surface area contributed by atoms with Crippen molar-refractivity contribution in [2.75, 3.05) is 0 Å². The summed E-state index contributed by atoms with van der Waals surface area (Å²) < 4.78 is 0. The summed E-state index contributed by atoms with van der Waals surface area (Å²) in [5.74, 6) is 0.903. The van der Waals surface area contributed by atoms with E-state index < -0.39 is 0 Å². The molecule has 1 aromatic rings. The Hall–Kier alpha value is -0.780. The van der Waals surface area contributed by atoms with E-state index in [1.54, 1.807) is 0 Å². The summed E-state index contributed by atoms with van der Waals surface area (Å²) in [5.41, 5.74) is 4.76. The van der Waals surface area contributed by atoms with Crippen molar-refractivity contribution < 1.29 is 0 Å². The second-order valence-electron chi connectivity index (χ2n) is 11.4. The SMILES string of the molecule is CCC1(CC(C)C)CCC1.CCc1ccc(C(C)(C)CCC2(CC)CCC2)cc1. The fourth-order valence-electron chi connectivity index (χ4n) is 5.62. The molecule has 0 saturated heterocycles. The van der Waals surface area contributed by atoms with Crippen LogP contribution in [0.3, 0.4) is 0 Å². The van der Waals surface area contributed by atoms with Crippen molar-refractivity contribution in [1.82, 2.24) is 0 Å². The van der Waals surface area contributed by atoms with Gasteiger partial charge in [-0.2, -0.15) is 0 Å². The third-order valence-corrected chi connectivity index (χ3v) is 8.59. The fourth-order valence-corrected chi connectivity index (χ4v) is 5.62. The Labute approximate surface area is 183 Å². The van der Waals surface area contributed by atoms with E-state index in [2.05, 4.69) is 72.7 Å². The zero-order valence-electron chi connectivity index (χ0n) is 20.9. The summed E-state index contributed by atoms with van der Waals surface area (Å²) in [4.78, 5) is 0. The second-order valence-corrected chi connectivity index (χ2v) is 11.4. The van der Waals surface area contributed by atoms with Gasteiger partial charge in [-0.25, -0.2) is 0 Å². The molecule has 0 radical (unpaired) electrons. The van der Waals surface area contributed by atoms with E-state index in [1.165, 1.54) is 81.8 Å². The molecule has 29 heavy (non-hydrogen) atoms. The van der Waals surface area contributed by atoms with Crippen LogP contribution in [0.25, 0.3) is 0 Å². The van der Waals surface area contributed by atoms with E-state index in [4.69, 9.17) is 0 Å². The van der Waals surface area contributed by atoms with Gasteiger partial charge in [0.1, 0.15) is 0 Å². The van der Waals surface area contributed by atoms with Crippen molar-refractivity contribution in [2.24, 2.45) is 16.7 Å². The molecule has 0 N–H and O–H groups in total. The highest BCUT2D eigenvalue weighted by atomic mass is 14.4. The lowest BCUT2D eigenvalue weighted by atomic mass is 9.62. The summed E-state index contributed by atoms with van der Waals surface area (Å²) in [6, 6.07) is 9.29.